The number of hydrogen-bond donors (Lipinski definition) is 2. The smallest absolute Gasteiger partial charge is 0.0609 e. The van der Waals surface area contributed by atoms with Crippen molar-refractivity contribution in [1.82, 2.24) is 4.90 Å². The average Bonchev–Trinajstić information content (AvgIpc) is 2.37. The number of piperidine rings is 1. The molecule has 0 aromatic carbocycles. The van der Waals surface area contributed by atoms with Crippen LogP contribution in [0.4, 0.5) is 0 Å². The fourth-order valence-electron chi connectivity index (χ4n) is 3.90. The van der Waals surface area contributed by atoms with Crippen LogP contribution in [-0.2, 0) is 0 Å². The molecular formula is C15H30N2O. The van der Waals surface area contributed by atoms with Crippen LogP contribution in [0.2, 0.25) is 0 Å². The molecule has 4 atom stereocenters. The molecule has 0 radical (unpaired) electrons. The van der Waals surface area contributed by atoms with Gasteiger partial charge in [-0.1, -0.05) is 19.3 Å². The molecule has 3 heteroatoms. The van der Waals surface area contributed by atoms with Crippen molar-refractivity contribution >= 4 is 0 Å². The van der Waals surface area contributed by atoms with Gasteiger partial charge in [-0.25, -0.2) is 0 Å². The second kappa shape index (κ2) is 5.89. The van der Waals surface area contributed by atoms with Gasteiger partial charge in [-0.15, -0.1) is 0 Å². The van der Waals surface area contributed by atoms with E-state index in [0.29, 0.717) is 6.04 Å². The molecule has 1 heterocycles. The standard InChI is InChI=1S/C15H30N2O/c1-12(9-15(2,16)11-18)17-8-7-13-5-3-4-6-14(13)10-17/h12-14,18H,3-11,16H2,1-2H3. The van der Waals surface area contributed by atoms with E-state index in [4.69, 9.17) is 5.73 Å². The van der Waals surface area contributed by atoms with E-state index in [1.807, 2.05) is 6.92 Å². The largest absolute Gasteiger partial charge is 0.394 e. The van der Waals surface area contributed by atoms with E-state index < -0.39 is 5.54 Å². The van der Waals surface area contributed by atoms with E-state index in [0.717, 1.165) is 18.3 Å². The Kier molecular flexibility index (Phi) is 4.68. The quantitative estimate of drug-likeness (QED) is 0.806. The number of fused-ring (bicyclic) bond motifs is 1. The summed E-state index contributed by atoms with van der Waals surface area (Å²) in [4.78, 5) is 2.60. The van der Waals surface area contributed by atoms with Gasteiger partial charge >= 0.3 is 0 Å². The van der Waals surface area contributed by atoms with Crippen molar-refractivity contribution < 1.29 is 5.11 Å². The van der Waals surface area contributed by atoms with E-state index in [-0.39, 0.29) is 6.61 Å². The molecule has 2 aliphatic rings. The van der Waals surface area contributed by atoms with Gasteiger partial charge < -0.3 is 15.7 Å². The highest BCUT2D eigenvalue weighted by Crippen LogP contribution is 2.37. The monoisotopic (exact) mass is 254 g/mol. The van der Waals surface area contributed by atoms with E-state index in [1.54, 1.807) is 0 Å². The lowest BCUT2D eigenvalue weighted by Gasteiger charge is -2.44. The fraction of sp³-hybridized carbons (Fsp3) is 1.00. The van der Waals surface area contributed by atoms with Crippen molar-refractivity contribution in [2.24, 2.45) is 17.6 Å². The highest BCUT2D eigenvalue weighted by molar-refractivity contribution is 4.89. The predicted octanol–water partition coefficient (Wildman–Crippen LogP) is 1.99. The van der Waals surface area contributed by atoms with Crippen LogP contribution in [-0.4, -0.2) is 41.3 Å². The topological polar surface area (TPSA) is 49.5 Å². The fourth-order valence-corrected chi connectivity index (χ4v) is 3.90. The number of likely N-dealkylation sites (tertiary alicyclic amines) is 1. The lowest BCUT2D eigenvalue weighted by Crippen LogP contribution is -2.51. The summed E-state index contributed by atoms with van der Waals surface area (Å²) in [6.45, 7) is 6.79. The molecule has 0 aromatic rings. The zero-order chi connectivity index (χ0) is 13.2. The Morgan fingerprint density at radius 2 is 1.94 bits per heavy atom. The Bertz CT molecular complexity index is 267. The van der Waals surface area contributed by atoms with Crippen LogP contribution in [0.5, 0.6) is 0 Å². The van der Waals surface area contributed by atoms with Crippen LogP contribution in [0.3, 0.4) is 0 Å². The second-order valence-corrected chi connectivity index (χ2v) is 6.95. The van der Waals surface area contributed by atoms with Crippen LogP contribution < -0.4 is 5.73 Å². The molecule has 3 nitrogen and oxygen atoms in total. The van der Waals surface area contributed by atoms with Crippen molar-refractivity contribution in [3.63, 3.8) is 0 Å². The normalized spacial score (nSPS) is 34.7. The molecule has 1 aliphatic carbocycles. The van der Waals surface area contributed by atoms with Gasteiger partial charge in [0.1, 0.15) is 0 Å². The van der Waals surface area contributed by atoms with Crippen molar-refractivity contribution in [2.45, 2.75) is 64.0 Å². The maximum Gasteiger partial charge on any atom is 0.0609 e. The van der Waals surface area contributed by atoms with E-state index in [2.05, 4.69) is 11.8 Å². The number of hydrogen-bond acceptors (Lipinski definition) is 3. The summed E-state index contributed by atoms with van der Waals surface area (Å²) < 4.78 is 0. The molecule has 0 spiro atoms. The molecule has 0 bridgehead atoms. The van der Waals surface area contributed by atoms with Gasteiger partial charge in [-0.3, -0.25) is 0 Å². The summed E-state index contributed by atoms with van der Waals surface area (Å²) in [5.41, 5.74) is 5.65. The second-order valence-electron chi connectivity index (χ2n) is 6.95. The van der Waals surface area contributed by atoms with Gasteiger partial charge in [0.15, 0.2) is 0 Å². The summed E-state index contributed by atoms with van der Waals surface area (Å²) in [6, 6.07) is 0.495. The van der Waals surface area contributed by atoms with Crippen LogP contribution in [0.1, 0.15) is 52.4 Å². The SMILES string of the molecule is CC(CC(C)(N)CO)N1CCC2CCCCC2C1. The number of aliphatic hydroxyl groups excluding tert-OH is 1. The number of nitrogens with zero attached hydrogens (tertiary/aromatic N) is 1. The third-order valence-corrected chi connectivity index (χ3v) is 5.07. The summed E-state index contributed by atoms with van der Waals surface area (Å²) in [6.07, 6.45) is 8.01. The van der Waals surface area contributed by atoms with E-state index in [9.17, 15) is 5.11 Å². The third-order valence-electron chi connectivity index (χ3n) is 5.07. The van der Waals surface area contributed by atoms with Crippen molar-refractivity contribution in [1.29, 1.82) is 0 Å². The zero-order valence-corrected chi connectivity index (χ0v) is 12.1. The van der Waals surface area contributed by atoms with E-state index in [1.165, 1.54) is 45.2 Å². The average molecular weight is 254 g/mol. The minimum atomic E-state index is -0.428. The molecule has 1 saturated carbocycles. The summed E-state index contributed by atoms with van der Waals surface area (Å²) in [5.74, 6) is 1.91. The Morgan fingerprint density at radius 3 is 2.61 bits per heavy atom. The first-order chi connectivity index (χ1) is 8.52. The molecule has 0 amide bonds. The Morgan fingerprint density at radius 1 is 1.28 bits per heavy atom. The molecule has 106 valence electrons. The highest BCUT2D eigenvalue weighted by atomic mass is 16.3. The number of aliphatic hydroxyl groups is 1. The predicted molar refractivity (Wildman–Crippen MR) is 75.4 cm³/mol. The first kappa shape index (κ1) is 14.3. The zero-order valence-electron chi connectivity index (χ0n) is 12.1. The number of rotatable bonds is 4. The summed E-state index contributed by atoms with van der Waals surface area (Å²) in [7, 11) is 0. The maximum absolute atomic E-state index is 9.29. The summed E-state index contributed by atoms with van der Waals surface area (Å²) >= 11 is 0. The minimum absolute atomic E-state index is 0.0806. The molecule has 4 unspecified atom stereocenters. The first-order valence-electron chi connectivity index (χ1n) is 7.65. The molecule has 2 rings (SSSR count). The maximum atomic E-state index is 9.29. The third kappa shape index (κ3) is 3.46. The molecule has 0 aromatic heterocycles. The van der Waals surface area contributed by atoms with Gasteiger partial charge in [0.25, 0.3) is 0 Å². The van der Waals surface area contributed by atoms with Crippen LogP contribution in [0.15, 0.2) is 0 Å². The molecule has 18 heavy (non-hydrogen) atoms. The molecule has 2 fully saturated rings. The Balaban J connectivity index is 1.86. The molecular weight excluding hydrogens is 224 g/mol. The molecule has 3 N–H and O–H groups in total. The van der Waals surface area contributed by atoms with Gasteiger partial charge in [0.05, 0.1) is 6.61 Å². The Labute approximate surface area is 112 Å². The van der Waals surface area contributed by atoms with Crippen molar-refractivity contribution in [3.05, 3.63) is 0 Å². The molecule has 1 saturated heterocycles. The Hall–Kier alpha value is -0.120. The summed E-state index contributed by atoms with van der Waals surface area (Å²) in [5, 5.41) is 9.29. The van der Waals surface area contributed by atoms with Gasteiger partial charge in [0, 0.05) is 18.1 Å². The van der Waals surface area contributed by atoms with Crippen molar-refractivity contribution in [3.8, 4) is 0 Å². The van der Waals surface area contributed by atoms with Crippen LogP contribution >= 0.6 is 0 Å². The van der Waals surface area contributed by atoms with Crippen LogP contribution in [0, 0.1) is 11.8 Å². The van der Waals surface area contributed by atoms with E-state index >= 15 is 0 Å². The van der Waals surface area contributed by atoms with Gasteiger partial charge in [0.2, 0.25) is 0 Å². The minimum Gasteiger partial charge on any atom is -0.394 e. The van der Waals surface area contributed by atoms with Crippen LogP contribution in [0.25, 0.3) is 0 Å². The van der Waals surface area contributed by atoms with Gasteiger partial charge in [-0.2, -0.15) is 0 Å². The first-order valence-corrected chi connectivity index (χ1v) is 7.65. The highest BCUT2D eigenvalue weighted by Gasteiger charge is 2.34. The van der Waals surface area contributed by atoms with Crippen molar-refractivity contribution in [2.75, 3.05) is 19.7 Å². The lowest BCUT2D eigenvalue weighted by molar-refractivity contribution is 0.0476. The molecule has 1 aliphatic heterocycles. The lowest BCUT2D eigenvalue weighted by atomic mass is 9.74. The van der Waals surface area contributed by atoms with Gasteiger partial charge in [-0.05, 0) is 51.5 Å². The number of nitrogens with two attached hydrogens (primary N) is 1.